The third-order valence-electron chi connectivity index (χ3n) is 3.46. The van der Waals surface area contributed by atoms with E-state index in [1.807, 2.05) is 0 Å². The number of rotatable bonds is 4. The molecule has 0 spiro atoms. The number of nitrogens with zero attached hydrogens (tertiary/aromatic N) is 1. The van der Waals surface area contributed by atoms with E-state index < -0.39 is 18.5 Å². The lowest BCUT2D eigenvalue weighted by Gasteiger charge is -2.10. The molecule has 3 aromatic rings. The minimum atomic E-state index is -0.646. The summed E-state index contributed by atoms with van der Waals surface area (Å²) < 4.78 is 10.2. The van der Waals surface area contributed by atoms with E-state index in [-0.39, 0.29) is 5.56 Å². The van der Waals surface area contributed by atoms with Gasteiger partial charge >= 0.3 is 5.97 Å². The molecule has 2 aromatic carbocycles. The van der Waals surface area contributed by atoms with Crippen LogP contribution in [0.25, 0.3) is 11.1 Å². The van der Waals surface area contributed by atoms with E-state index in [1.54, 1.807) is 43.3 Å². The van der Waals surface area contributed by atoms with Gasteiger partial charge in [-0.25, -0.2) is 9.78 Å². The van der Waals surface area contributed by atoms with Crippen molar-refractivity contribution >= 4 is 40.3 Å². The molecule has 1 amide bonds. The molecule has 1 N–H and O–H groups in total. The van der Waals surface area contributed by atoms with Gasteiger partial charge in [0.25, 0.3) is 5.91 Å². The van der Waals surface area contributed by atoms with Crippen molar-refractivity contribution in [2.24, 2.45) is 0 Å². The number of ether oxygens (including phenoxy) is 1. The Morgan fingerprint density at radius 3 is 2.88 bits per heavy atom. The van der Waals surface area contributed by atoms with Crippen LogP contribution in [0.1, 0.15) is 15.9 Å². The molecule has 0 bridgehead atoms. The van der Waals surface area contributed by atoms with E-state index in [9.17, 15) is 9.59 Å². The smallest absolute Gasteiger partial charge is 0.340 e. The van der Waals surface area contributed by atoms with Crippen molar-refractivity contribution in [3.05, 3.63) is 58.9 Å². The second-order valence-corrected chi connectivity index (χ2v) is 5.45. The Balaban J connectivity index is 1.65. The number of hydrogen-bond donors (Lipinski definition) is 1. The first-order valence-electron chi connectivity index (χ1n) is 7.10. The quantitative estimate of drug-likeness (QED) is 0.731. The predicted octanol–water partition coefficient (Wildman–Crippen LogP) is 3.59. The molecule has 0 saturated heterocycles. The minimum Gasteiger partial charge on any atom is -0.452 e. The highest BCUT2D eigenvalue weighted by atomic mass is 35.5. The molecule has 7 heteroatoms. The van der Waals surface area contributed by atoms with Gasteiger partial charge in [0.05, 0.1) is 5.56 Å². The summed E-state index contributed by atoms with van der Waals surface area (Å²) in [5.74, 6) is -1.10. The lowest BCUT2D eigenvalue weighted by molar-refractivity contribution is -0.119. The van der Waals surface area contributed by atoms with Crippen LogP contribution in [0.15, 0.2) is 47.2 Å². The van der Waals surface area contributed by atoms with Crippen LogP contribution in [0.4, 0.5) is 5.69 Å². The van der Waals surface area contributed by atoms with Gasteiger partial charge in [-0.05, 0) is 36.8 Å². The lowest BCUT2D eigenvalue weighted by atomic mass is 10.2. The lowest BCUT2D eigenvalue weighted by Crippen LogP contribution is -2.21. The highest BCUT2D eigenvalue weighted by molar-refractivity contribution is 6.31. The number of anilines is 1. The zero-order valence-electron chi connectivity index (χ0n) is 12.7. The molecular formula is C17H13ClN2O4. The average Bonchev–Trinajstić information content (AvgIpc) is 3.05. The number of fused-ring (bicyclic) bond motifs is 1. The van der Waals surface area contributed by atoms with Crippen LogP contribution < -0.4 is 5.32 Å². The summed E-state index contributed by atoms with van der Waals surface area (Å²) in [5, 5.41) is 3.20. The van der Waals surface area contributed by atoms with Crippen LogP contribution in [0.5, 0.6) is 0 Å². The number of para-hydroxylation sites is 1. The number of carbonyl (C=O) groups is 2. The molecule has 0 radical (unpaired) electrons. The van der Waals surface area contributed by atoms with Crippen LogP contribution in [0.3, 0.4) is 0 Å². The van der Waals surface area contributed by atoms with Gasteiger partial charge in [-0.3, -0.25) is 4.79 Å². The zero-order valence-corrected chi connectivity index (χ0v) is 13.5. The van der Waals surface area contributed by atoms with Crippen molar-refractivity contribution in [2.45, 2.75) is 6.92 Å². The van der Waals surface area contributed by atoms with Crippen LogP contribution in [-0.2, 0) is 9.53 Å². The van der Waals surface area contributed by atoms with Gasteiger partial charge in [-0.1, -0.05) is 23.7 Å². The molecule has 0 unspecified atom stereocenters. The molecule has 0 saturated carbocycles. The Hall–Kier alpha value is -2.86. The number of nitrogens with one attached hydrogen (secondary N) is 1. The van der Waals surface area contributed by atoms with E-state index in [2.05, 4.69) is 10.3 Å². The summed E-state index contributed by atoms with van der Waals surface area (Å²) in [6.07, 6.45) is 1.25. The molecule has 3 rings (SSSR count). The van der Waals surface area contributed by atoms with E-state index in [0.717, 1.165) is 5.56 Å². The molecule has 1 aromatic heterocycles. The zero-order chi connectivity index (χ0) is 17.1. The second kappa shape index (κ2) is 6.72. The summed E-state index contributed by atoms with van der Waals surface area (Å²) >= 11 is 6.00. The fraction of sp³-hybridized carbons (Fsp3) is 0.118. The first kappa shape index (κ1) is 16.0. The van der Waals surface area contributed by atoms with E-state index in [1.165, 1.54) is 6.39 Å². The Labute approximate surface area is 142 Å². The first-order valence-corrected chi connectivity index (χ1v) is 7.48. The van der Waals surface area contributed by atoms with Crippen LogP contribution in [-0.4, -0.2) is 23.5 Å². The number of esters is 1. The SMILES string of the molecule is Cc1c(Cl)cccc1NC(=O)COC(=O)c1cccc2ocnc12. The number of amides is 1. The number of oxazole rings is 1. The van der Waals surface area contributed by atoms with Gasteiger partial charge in [0.1, 0.15) is 5.52 Å². The van der Waals surface area contributed by atoms with Gasteiger partial charge in [0.2, 0.25) is 0 Å². The van der Waals surface area contributed by atoms with E-state index >= 15 is 0 Å². The topological polar surface area (TPSA) is 81.4 Å². The predicted molar refractivity (Wildman–Crippen MR) is 89.1 cm³/mol. The Morgan fingerprint density at radius 1 is 1.25 bits per heavy atom. The van der Waals surface area contributed by atoms with Crippen molar-refractivity contribution in [3.63, 3.8) is 0 Å². The van der Waals surface area contributed by atoms with Gasteiger partial charge in [-0.2, -0.15) is 0 Å². The average molecular weight is 345 g/mol. The Bertz CT molecular complexity index is 920. The molecule has 24 heavy (non-hydrogen) atoms. The fourth-order valence-electron chi connectivity index (χ4n) is 2.19. The summed E-state index contributed by atoms with van der Waals surface area (Å²) in [6.45, 7) is 1.37. The molecule has 122 valence electrons. The van der Waals surface area contributed by atoms with Crippen LogP contribution in [0, 0.1) is 6.92 Å². The summed E-state index contributed by atoms with van der Waals surface area (Å²) in [7, 11) is 0. The maximum atomic E-state index is 12.1. The molecule has 6 nitrogen and oxygen atoms in total. The van der Waals surface area contributed by atoms with Crippen molar-refractivity contribution < 1.29 is 18.7 Å². The minimum absolute atomic E-state index is 0.244. The van der Waals surface area contributed by atoms with Crippen molar-refractivity contribution in [2.75, 3.05) is 11.9 Å². The van der Waals surface area contributed by atoms with E-state index in [0.29, 0.717) is 21.8 Å². The Kier molecular flexibility index (Phi) is 4.48. The molecule has 0 aliphatic rings. The maximum absolute atomic E-state index is 12.1. The second-order valence-electron chi connectivity index (χ2n) is 5.04. The number of benzene rings is 2. The van der Waals surface area contributed by atoms with Crippen LogP contribution >= 0.6 is 11.6 Å². The Morgan fingerprint density at radius 2 is 2.04 bits per heavy atom. The maximum Gasteiger partial charge on any atom is 0.340 e. The van der Waals surface area contributed by atoms with E-state index in [4.69, 9.17) is 20.8 Å². The third-order valence-corrected chi connectivity index (χ3v) is 3.87. The van der Waals surface area contributed by atoms with Crippen molar-refractivity contribution in [1.82, 2.24) is 4.98 Å². The van der Waals surface area contributed by atoms with Gasteiger partial charge in [0, 0.05) is 10.7 Å². The molecule has 0 aliphatic carbocycles. The first-order chi connectivity index (χ1) is 11.6. The number of aromatic nitrogens is 1. The summed E-state index contributed by atoms with van der Waals surface area (Å²) in [6, 6.07) is 10.1. The molecule has 0 fully saturated rings. The number of halogens is 1. The monoisotopic (exact) mass is 344 g/mol. The van der Waals surface area contributed by atoms with Gasteiger partial charge in [-0.15, -0.1) is 0 Å². The standard InChI is InChI=1S/C17H13ClN2O4/c1-10-12(18)5-3-6-13(10)20-15(21)8-23-17(22)11-4-2-7-14-16(11)19-9-24-14/h2-7,9H,8H2,1H3,(H,20,21). The van der Waals surface area contributed by atoms with Gasteiger partial charge in [0.15, 0.2) is 18.6 Å². The largest absolute Gasteiger partial charge is 0.452 e. The summed E-state index contributed by atoms with van der Waals surface area (Å²) in [5.41, 5.74) is 2.43. The summed E-state index contributed by atoms with van der Waals surface area (Å²) in [4.78, 5) is 28.1. The fourth-order valence-corrected chi connectivity index (χ4v) is 2.36. The molecule has 0 aliphatic heterocycles. The highest BCUT2D eigenvalue weighted by Crippen LogP contribution is 2.23. The van der Waals surface area contributed by atoms with Crippen molar-refractivity contribution in [1.29, 1.82) is 0 Å². The van der Waals surface area contributed by atoms with Crippen LogP contribution in [0.2, 0.25) is 5.02 Å². The number of carbonyl (C=O) groups excluding carboxylic acids is 2. The molecular weight excluding hydrogens is 332 g/mol. The molecule has 0 atom stereocenters. The molecule has 1 heterocycles. The van der Waals surface area contributed by atoms with Gasteiger partial charge < -0.3 is 14.5 Å². The normalized spacial score (nSPS) is 10.6. The number of hydrogen-bond acceptors (Lipinski definition) is 5. The van der Waals surface area contributed by atoms with Crippen molar-refractivity contribution in [3.8, 4) is 0 Å². The third kappa shape index (κ3) is 3.23. The highest BCUT2D eigenvalue weighted by Gasteiger charge is 2.16.